The Hall–Kier alpha value is -0.910. The van der Waals surface area contributed by atoms with E-state index in [0.717, 1.165) is 5.56 Å². The number of ether oxygens (including phenoxy) is 1. The van der Waals surface area contributed by atoms with Crippen LogP contribution in [0.5, 0.6) is 5.75 Å². The summed E-state index contributed by atoms with van der Waals surface area (Å²) in [5.41, 5.74) is 0.871. The fraction of sp³-hybridized carbons (Fsp3) is 0.300. The Kier molecular flexibility index (Phi) is 3.62. The van der Waals surface area contributed by atoms with Gasteiger partial charge in [0.15, 0.2) is 11.9 Å². The predicted molar refractivity (Wildman–Crippen MR) is 56.9 cm³/mol. The summed E-state index contributed by atoms with van der Waals surface area (Å²) in [4.78, 5) is 0. The van der Waals surface area contributed by atoms with E-state index < -0.39 is 6.10 Å². The van der Waals surface area contributed by atoms with Crippen molar-refractivity contribution in [1.29, 1.82) is 5.26 Å². The fourth-order valence-electron chi connectivity index (χ4n) is 0.942. The Balaban J connectivity index is 3.08. The van der Waals surface area contributed by atoms with Crippen LogP contribution >= 0.6 is 23.2 Å². The van der Waals surface area contributed by atoms with Crippen LogP contribution in [0.2, 0.25) is 10.0 Å². The zero-order valence-electron chi connectivity index (χ0n) is 7.84. The normalized spacial score (nSPS) is 11.9. The number of aryl methyl sites for hydroxylation is 1. The van der Waals surface area contributed by atoms with E-state index in [2.05, 4.69) is 0 Å². The summed E-state index contributed by atoms with van der Waals surface area (Å²) in [6.45, 7) is 3.48. The van der Waals surface area contributed by atoms with E-state index in [0.29, 0.717) is 15.8 Å². The van der Waals surface area contributed by atoms with Crippen LogP contribution in [-0.4, -0.2) is 6.10 Å². The lowest BCUT2D eigenvalue weighted by molar-refractivity contribution is 0.276. The second kappa shape index (κ2) is 4.54. The molecule has 1 aromatic rings. The molecule has 0 aromatic heterocycles. The van der Waals surface area contributed by atoms with Crippen molar-refractivity contribution < 1.29 is 4.74 Å². The monoisotopic (exact) mass is 229 g/mol. The summed E-state index contributed by atoms with van der Waals surface area (Å²) in [6, 6.07) is 5.44. The van der Waals surface area contributed by atoms with Crippen molar-refractivity contribution in [2.24, 2.45) is 0 Å². The van der Waals surface area contributed by atoms with Gasteiger partial charge in [0.25, 0.3) is 0 Å². The van der Waals surface area contributed by atoms with Crippen molar-refractivity contribution >= 4 is 23.2 Å². The van der Waals surface area contributed by atoms with Crippen LogP contribution in [0, 0.1) is 18.3 Å². The highest BCUT2D eigenvalue weighted by atomic mass is 35.5. The fourth-order valence-corrected chi connectivity index (χ4v) is 1.40. The third-order valence-corrected chi connectivity index (χ3v) is 2.49. The van der Waals surface area contributed by atoms with Crippen LogP contribution < -0.4 is 4.74 Å². The molecular weight excluding hydrogens is 221 g/mol. The maximum Gasteiger partial charge on any atom is 0.181 e. The molecule has 0 saturated carbocycles. The van der Waals surface area contributed by atoms with Crippen LogP contribution in [0.25, 0.3) is 0 Å². The molecule has 0 spiro atoms. The van der Waals surface area contributed by atoms with E-state index in [4.69, 9.17) is 33.2 Å². The maximum atomic E-state index is 8.59. The van der Waals surface area contributed by atoms with Crippen molar-refractivity contribution in [1.82, 2.24) is 0 Å². The van der Waals surface area contributed by atoms with E-state index in [1.54, 1.807) is 19.1 Å². The van der Waals surface area contributed by atoms with Crippen LogP contribution in [-0.2, 0) is 0 Å². The van der Waals surface area contributed by atoms with E-state index in [-0.39, 0.29) is 0 Å². The molecule has 0 fully saturated rings. The van der Waals surface area contributed by atoms with Crippen LogP contribution in [0.1, 0.15) is 12.5 Å². The predicted octanol–water partition coefficient (Wildman–Crippen LogP) is 3.59. The lowest BCUT2D eigenvalue weighted by atomic mass is 10.2. The van der Waals surface area contributed by atoms with Gasteiger partial charge in [0.1, 0.15) is 6.07 Å². The number of rotatable bonds is 2. The summed E-state index contributed by atoms with van der Waals surface area (Å²) >= 11 is 11.9. The molecule has 4 heteroatoms. The summed E-state index contributed by atoms with van der Waals surface area (Å²) < 4.78 is 5.28. The molecule has 1 rings (SSSR count). The van der Waals surface area contributed by atoms with E-state index in [1.165, 1.54) is 0 Å². The molecule has 1 aromatic carbocycles. The lowest BCUT2D eigenvalue weighted by Gasteiger charge is -2.12. The molecule has 0 bridgehead atoms. The third-order valence-electron chi connectivity index (χ3n) is 1.72. The Morgan fingerprint density at radius 3 is 2.64 bits per heavy atom. The van der Waals surface area contributed by atoms with Crippen molar-refractivity contribution in [3.05, 3.63) is 27.7 Å². The van der Waals surface area contributed by atoms with Gasteiger partial charge in [0, 0.05) is 0 Å². The molecule has 1 atom stereocenters. The molecule has 0 heterocycles. The SMILES string of the molecule is Cc1ccc(Cl)c(O[C@H](C)C#N)c1Cl. The van der Waals surface area contributed by atoms with Gasteiger partial charge in [-0.05, 0) is 25.5 Å². The van der Waals surface area contributed by atoms with Gasteiger partial charge < -0.3 is 4.74 Å². The zero-order chi connectivity index (χ0) is 10.7. The Bertz CT molecular complexity index is 384. The first-order chi connectivity index (χ1) is 6.56. The summed E-state index contributed by atoms with van der Waals surface area (Å²) in [7, 11) is 0. The molecule has 0 aliphatic heterocycles. The summed E-state index contributed by atoms with van der Waals surface area (Å²) in [5.74, 6) is 0.377. The number of halogens is 2. The second-order valence-corrected chi connectivity index (χ2v) is 3.68. The zero-order valence-corrected chi connectivity index (χ0v) is 9.36. The third kappa shape index (κ3) is 2.31. The molecule has 0 N–H and O–H groups in total. The van der Waals surface area contributed by atoms with Gasteiger partial charge in [0.05, 0.1) is 10.0 Å². The molecule has 74 valence electrons. The molecular formula is C10H9Cl2NO. The van der Waals surface area contributed by atoms with Crippen LogP contribution in [0.15, 0.2) is 12.1 Å². The van der Waals surface area contributed by atoms with Gasteiger partial charge in [-0.3, -0.25) is 0 Å². The minimum Gasteiger partial charge on any atom is -0.473 e. The highest BCUT2D eigenvalue weighted by Crippen LogP contribution is 2.35. The highest BCUT2D eigenvalue weighted by Gasteiger charge is 2.12. The molecule has 0 saturated heterocycles. The van der Waals surface area contributed by atoms with Crippen molar-refractivity contribution in [3.63, 3.8) is 0 Å². The molecule has 0 radical (unpaired) electrons. The Morgan fingerprint density at radius 2 is 2.07 bits per heavy atom. The van der Waals surface area contributed by atoms with Crippen LogP contribution in [0.4, 0.5) is 0 Å². The largest absolute Gasteiger partial charge is 0.473 e. The topological polar surface area (TPSA) is 33.0 Å². The van der Waals surface area contributed by atoms with Gasteiger partial charge in [0.2, 0.25) is 0 Å². The molecule has 2 nitrogen and oxygen atoms in total. The van der Waals surface area contributed by atoms with E-state index in [9.17, 15) is 0 Å². The standard InChI is InChI=1S/C10H9Cl2NO/c1-6-3-4-8(11)10(9(6)12)14-7(2)5-13/h3-4,7H,1-2H3/t7-/m1/s1. The smallest absolute Gasteiger partial charge is 0.181 e. The van der Waals surface area contributed by atoms with Gasteiger partial charge in [-0.25, -0.2) is 0 Å². The van der Waals surface area contributed by atoms with Crippen LogP contribution in [0.3, 0.4) is 0 Å². The lowest BCUT2D eigenvalue weighted by Crippen LogP contribution is -2.09. The maximum absolute atomic E-state index is 8.59. The van der Waals surface area contributed by atoms with Gasteiger partial charge in [-0.2, -0.15) is 5.26 Å². The van der Waals surface area contributed by atoms with Gasteiger partial charge in [-0.1, -0.05) is 29.3 Å². The van der Waals surface area contributed by atoms with E-state index in [1.807, 2.05) is 13.0 Å². The second-order valence-electron chi connectivity index (χ2n) is 2.90. The van der Waals surface area contributed by atoms with Crippen molar-refractivity contribution in [3.8, 4) is 11.8 Å². The number of hydrogen-bond donors (Lipinski definition) is 0. The number of benzene rings is 1. The molecule has 0 unspecified atom stereocenters. The Morgan fingerprint density at radius 1 is 1.43 bits per heavy atom. The average molecular weight is 230 g/mol. The van der Waals surface area contributed by atoms with Crippen molar-refractivity contribution in [2.75, 3.05) is 0 Å². The minimum atomic E-state index is -0.563. The number of nitrogens with zero attached hydrogens (tertiary/aromatic N) is 1. The first-order valence-corrected chi connectivity index (χ1v) is 4.82. The van der Waals surface area contributed by atoms with E-state index >= 15 is 0 Å². The molecule has 0 aliphatic rings. The van der Waals surface area contributed by atoms with Crippen molar-refractivity contribution in [2.45, 2.75) is 20.0 Å². The Labute approximate surface area is 93.0 Å². The highest BCUT2D eigenvalue weighted by molar-refractivity contribution is 6.37. The van der Waals surface area contributed by atoms with Gasteiger partial charge in [-0.15, -0.1) is 0 Å². The first-order valence-electron chi connectivity index (χ1n) is 4.07. The molecule has 0 amide bonds. The summed E-state index contributed by atoms with van der Waals surface area (Å²) in [6.07, 6.45) is -0.563. The summed E-state index contributed by atoms with van der Waals surface area (Å²) in [5, 5.41) is 9.46. The number of hydrogen-bond acceptors (Lipinski definition) is 2. The molecule has 0 aliphatic carbocycles. The van der Waals surface area contributed by atoms with Gasteiger partial charge >= 0.3 is 0 Å². The quantitative estimate of drug-likeness (QED) is 0.777. The average Bonchev–Trinajstić information content (AvgIpc) is 2.18. The minimum absolute atomic E-state index is 0.377. The first kappa shape index (κ1) is 11.2. The number of nitriles is 1. The molecule has 14 heavy (non-hydrogen) atoms.